The van der Waals surface area contributed by atoms with Gasteiger partial charge in [0.15, 0.2) is 0 Å². The van der Waals surface area contributed by atoms with Crippen LogP contribution in [0.3, 0.4) is 0 Å². The van der Waals surface area contributed by atoms with E-state index in [1.54, 1.807) is 31.6 Å². The van der Waals surface area contributed by atoms with Gasteiger partial charge in [-0.2, -0.15) is 0 Å². The topological polar surface area (TPSA) is 63.5 Å². The third kappa shape index (κ3) is 3.70. The number of pyridine rings is 1. The van der Waals surface area contributed by atoms with Crippen molar-refractivity contribution in [2.24, 2.45) is 18.9 Å². The summed E-state index contributed by atoms with van der Waals surface area (Å²) in [6.45, 7) is 3.53. The smallest absolute Gasteiger partial charge is 0.254 e. The number of aromatic nitrogens is 3. The Morgan fingerprint density at radius 3 is 2.52 bits per heavy atom. The summed E-state index contributed by atoms with van der Waals surface area (Å²) in [5.74, 6) is 2.81. The molecule has 3 atom stereocenters. The standard InChI is InChI=1S/C24H27N5O2/c1-27-12-11-26-22(27)16-28-13-19-14-29(24(30)18-7-9-25-10-8-18)23(21(19)15-28)17-3-5-20(31-2)6-4-17/h3-12,19,21,23H,13-16H2,1-2H3/t19-,21-,23-/m0/s1. The molecule has 0 spiro atoms. The van der Waals surface area contributed by atoms with Crippen LogP contribution in [-0.2, 0) is 13.6 Å². The van der Waals surface area contributed by atoms with Crippen LogP contribution in [0.4, 0.5) is 0 Å². The van der Waals surface area contributed by atoms with Crippen molar-refractivity contribution < 1.29 is 9.53 Å². The van der Waals surface area contributed by atoms with E-state index in [1.165, 1.54) is 0 Å². The molecule has 2 fully saturated rings. The van der Waals surface area contributed by atoms with Gasteiger partial charge in [0.05, 0.1) is 19.7 Å². The Hall–Kier alpha value is -3.19. The normalized spacial score (nSPS) is 23.2. The van der Waals surface area contributed by atoms with Crippen LogP contribution in [0, 0.1) is 11.8 Å². The Labute approximate surface area is 182 Å². The molecule has 3 aromatic rings. The summed E-state index contributed by atoms with van der Waals surface area (Å²) in [7, 11) is 3.71. The highest BCUT2D eigenvalue weighted by Gasteiger charge is 2.49. The molecule has 0 radical (unpaired) electrons. The number of carbonyl (C=O) groups excluding carboxylic acids is 1. The number of carbonyl (C=O) groups is 1. The van der Waals surface area contributed by atoms with Gasteiger partial charge in [0.1, 0.15) is 11.6 Å². The fraction of sp³-hybridized carbons (Fsp3) is 0.375. The molecule has 5 rings (SSSR count). The number of imidazole rings is 1. The maximum absolute atomic E-state index is 13.4. The summed E-state index contributed by atoms with van der Waals surface area (Å²) in [5.41, 5.74) is 1.85. The second-order valence-corrected chi connectivity index (χ2v) is 8.48. The molecule has 7 nitrogen and oxygen atoms in total. The molecular weight excluding hydrogens is 390 g/mol. The Morgan fingerprint density at radius 1 is 1.06 bits per heavy atom. The SMILES string of the molecule is COc1ccc([C@H]2[C@H]3CN(Cc4nccn4C)C[C@H]3CN2C(=O)c2ccncc2)cc1. The average Bonchev–Trinajstić information content (AvgIpc) is 3.48. The van der Waals surface area contributed by atoms with Gasteiger partial charge in [-0.1, -0.05) is 12.1 Å². The summed E-state index contributed by atoms with van der Waals surface area (Å²) in [5, 5.41) is 0. The molecule has 0 unspecified atom stereocenters. The minimum atomic E-state index is 0.0444. The first kappa shape index (κ1) is 19.8. The molecule has 0 N–H and O–H groups in total. The number of amides is 1. The number of hydrogen-bond donors (Lipinski definition) is 0. The van der Waals surface area contributed by atoms with Crippen LogP contribution in [0.2, 0.25) is 0 Å². The summed E-state index contributed by atoms with van der Waals surface area (Å²) in [6.07, 6.45) is 7.20. The van der Waals surface area contributed by atoms with E-state index in [4.69, 9.17) is 4.74 Å². The van der Waals surface area contributed by atoms with E-state index in [9.17, 15) is 4.79 Å². The number of rotatable bonds is 5. The van der Waals surface area contributed by atoms with Crippen LogP contribution >= 0.6 is 0 Å². The highest BCUT2D eigenvalue weighted by molar-refractivity contribution is 5.94. The molecule has 2 aliphatic rings. The number of likely N-dealkylation sites (tertiary alicyclic amines) is 2. The lowest BCUT2D eigenvalue weighted by molar-refractivity contribution is 0.0699. The zero-order chi connectivity index (χ0) is 21.4. The first-order valence-electron chi connectivity index (χ1n) is 10.7. The predicted octanol–water partition coefficient (Wildman–Crippen LogP) is 2.77. The molecule has 2 saturated heterocycles. The van der Waals surface area contributed by atoms with Gasteiger partial charge in [-0.3, -0.25) is 14.7 Å². The van der Waals surface area contributed by atoms with E-state index in [0.29, 0.717) is 17.4 Å². The zero-order valence-electron chi connectivity index (χ0n) is 17.9. The molecule has 160 valence electrons. The highest BCUT2D eigenvalue weighted by Crippen LogP contribution is 2.46. The number of fused-ring (bicyclic) bond motifs is 1. The minimum absolute atomic E-state index is 0.0444. The number of benzene rings is 1. The molecule has 7 heteroatoms. The van der Waals surface area contributed by atoms with E-state index in [1.807, 2.05) is 31.6 Å². The summed E-state index contributed by atoms with van der Waals surface area (Å²) in [4.78, 5) is 26.5. The van der Waals surface area contributed by atoms with Crippen molar-refractivity contribution in [1.29, 1.82) is 0 Å². The van der Waals surface area contributed by atoms with Crippen LogP contribution in [0.15, 0.2) is 61.2 Å². The Bertz CT molecular complexity index is 1050. The lowest BCUT2D eigenvalue weighted by Crippen LogP contribution is -2.35. The Kier molecular flexibility index (Phi) is 5.19. The van der Waals surface area contributed by atoms with Crippen molar-refractivity contribution in [3.05, 3.63) is 78.1 Å². The second-order valence-electron chi connectivity index (χ2n) is 8.48. The van der Waals surface area contributed by atoms with Gasteiger partial charge in [-0.05, 0) is 35.7 Å². The second kappa shape index (κ2) is 8.15. The van der Waals surface area contributed by atoms with Gasteiger partial charge in [0.25, 0.3) is 5.91 Å². The first-order chi connectivity index (χ1) is 15.1. The van der Waals surface area contributed by atoms with Gasteiger partial charge in [-0.15, -0.1) is 0 Å². The summed E-state index contributed by atoms with van der Waals surface area (Å²) in [6, 6.07) is 11.8. The van der Waals surface area contributed by atoms with E-state index in [0.717, 1.165) is 43.3 Å². The first-order valence-corrected chi connectivity index (χ1v) is 10.7. The predicted molar refractivity (Wildman–Crippen MR) is 116 cm³/mol. The molecule has 2 aliphatic heterocycles. The van der Waals surface area contributed by atoms with Gasteiger partial charge in [0.2, 0.25) is 0 Å². The fourth-order valence-corrected chi connectivity index (χ4v) is 5.11. The summed E-state index contributed by atoms with van der Waals surface area (Å²) < 4.78 is 7.42. The molecule has 4 heterocycles. The minimum Gasteiger partial charge on any atom is -0.497 e. The lowest BCUT2D eigenvalue weighted by atomic mass is 9.89. The largest absolute Gasteiger partial charge is 0.497 e. The van der Waals surface area contributed by atoms with Gasteiger partial charge >= 0.3 is 0 Å². The van der Waals surface area contributed by atoms with Crippen molar-refractivity contribution in [1.82, 2.24) is 24.3 Å². The van der Waals surface area contributed by atoms with Crippen LogP contribution in [0.1, 0.15) is 27.8 Å². The van der Waals surface area contributed by atoms with E-state index < -0.39 is 0 Å². The third-order valence-corrected chi connectivity index (χ3v) is 6.67. The quantitative estimate of drug-likeness (QED) is 0.639. The monoisotopic (exact) mass is 417 g/mol. The average molecular weight is 418 g/mol. The lowest BCUT2D eigenvalue weighted by Gasteiger charge is -2.30. The summed E-state index contributed by atoms with van der Waals surface area (Å²) >= 11 is 0. The van der Waals surface area contributed by atoms with E-state index >= 15 is 0 Å². The molecule has 1 amide bonds. The van der Waals surface area contributed by atoms with Crippen LogP contribution < -0.4 is 4.74 Å². The third-order valence-electron chi connectivity index (χ3n) is 6.67. The highest BCUT2D eigenvalue weighted by atomic mass is 16.5. The van der Waals surface area contributed by atoms with Crippen LogP contribution in [-0.4, -0.2) is 57.0 Å². The van der Waals surface area contributed by atoms with E-state index in [2.05, 4.69) is 36.5 Å². The van der Waals surface area contributed by atoms with Crippen molar-refractivity contribution in [3.8, 4) is 5.75 Å². The van der Waals surface area contributed by atoms with Crippen molar-refractivity contribution in [2.75, 3.05) is 26.7 Å². The molecule has 0 bridgehead atoms. The number of nitrogens with zero attached hydrogens (tertiary/aromatic N) is 5. The van der Waals surface area contributed by atoms with Crippen molar-refractivity contribution in [3.63, 3.8) is 0 Å². The van der Waals surface area contributed by atoms with Crippen molar-refractivity contribution in [2.45, 2.75) is 12.6 Å². The number of aryl methyl sites for hydroxylation is 1. The zero-order valence-corrected chi connectivity index (χ0v) is 17.9. The molecule has 0 aliphatic carbocycles. The van der Waals surface area contributed by atoms with Gasteiger partial charge < -0.3 is 14.2 Å². The van der Waals surface area contributed by atoms with Crippen LogP contribution in [0.25, 0.3) is 0 Å². The number of methoxy groups -OCH3 is 1. The maximum atomic E-state index is 13.4. The maximum Gasteiger partial charge on any atom is 0.254 e. The molecule has 31 heavy (non-hydrogen) atoms. The fourth-order valence-electron chi connectivity index (χ4n) is 5.11. The van der Waals surface area contributed by atoms with Gasteiger partial charge in [-0.25, -0.2) is 4.98 Å². The van der Waals surface area contributed by atoms with E-state index in [-0.39, 0.29) is 11.9 Å². The molecule has 2 aromatic heterocycles. The number of hydrogen-bond acceptors (Lipinski definition) is 5. The Balaban J connectivity index is 1.42. The molecule has 0 saturated carbocycles. The molecular formula is C24H27N5O2. The van der Waals surface area contributed by atoms with Gasteiger partial charge in [0, 0.05) is 63.0 Å². The molecule has 1 aromatic carbocycles. The van der Waals surface area contributed by atoms with Crippen molar-refractivity contribution >= 4 is 5.91 Å². The Morgan fingerprint density at radius 2 is 1.84 bits per heavy atom. The van der Waals surface area contributed by atoms with Crippen LogP contribution in [0.5, 0.6) is 5.75 Å². The number of ether oxygens (including phenoxy) is 1.